The van der Waals surface area contributed by atoms with Crippen LogP contribution in [0.15, 0.2) is 11.4 Å². The highest BCUT2D eigenvalue weighted by atomic mass is 32.2. The minimum absolute atomic E-state index is 0.124. The molecule has 18 heavy (non-hydrogen) atoms. The normalized spacial score (nSPS) is 13.3. The van der Waals surface area contributed by atoms with Crippen LogP contribution in [0.25, 0.3) is 0 Å². The molecule has 0 saturated carbocycles. The molecule has 1 heterocycles. The van der Waals surface area contributed by atoms with Gasteiger partial charge in [-0.2, -0.15) is 4.72 Å². The van der Waals surface area contributed by atoms with Crippen LogP contribution < -0.4 is 10.5 Å². The van der Waals surface area contributed by atoms with Gasteiger partial charge in [-0.15, -0.1) is 0 Å². The Morgan fingerprint density at radius 2 is 2.28 bits per heavy atom. The van der Waals surface area contributed by atoms with E-state index >= 15 is 0 Å². The highest BCUT2D eigenvalue weighted by Gasteiger charge is 2.27. The SMILES string of the molecule is CCOC(=O)C(C)NS(=O)(=O)c1c(N)ncn1C. The van der Waals surface area contributed by atoms with Gasteiger partial charge < -0.3 is 15.0 Å². The van der Waals surface area contributed by atoms with Gasteiger partial charge in [-0.1, -0.05) is 0 Å². The van der Waals surface area contributed by atoms with Crippen LogP contribution in [0.1, 0.15) is 13.8 Å². The molecule has 102 valence electrons. The van der Waals surface area contributed by atoms with Crippen LogP contribution in [0.2, 0.25) is 0 Å². The molecule has 0 radical (unpaired) electrons. The fourth-order valence-corrected chi connectivity index (χ4v) is 2.80. The van der Waals surface area contributed by atoms with E-state index < -0.39 is 22.0 Å². The van der Waals surface area contributed by atoms with Gasteiger partial charge >= 0.3 is 5.97 Å². The average molecular weight is 276 g/mol. The van der Waals surface area contributed by atoms with Gasteiger partial charge in [0.2, 0.25) is 0 Å². The molecule has 0 amide bonds. The standard InChI is InChI=1S/C9H16N4O4S/c1-4-17-9(14)6(2)12-18(15,16)8-7(10)11-5-13(8)3/h5-6,12H,4,10H2,1-3H3. The number of hydrogen-bond acceptors (Lipinski definition) is 6. The fourth-order valence-electron chi connectivity index (χ4n) is 1.37. The van der Waals surface area contributed by atoms with Gasteiger partial charge in [0.05, 0.1) is 12.9 Å². The van der Waals surface area contributed by atoms with Gasteiger partial charge in [0, 0.05) is 7.05 Å². The lowest BCUT2D eigenvalue weighted by Crippen LogP contribution is -2.40. The van der Waals surface area contributed by atoms with Gasteiger partial charge in [-0.3, -0.25) is 4.79 Å². The molecule has 1 atom stereocenters. The van der Waals surface area contributed by atoms with Crippen molar-refractivity contribution in [3.05, 3.63) is 6.33 Å². The Morgan fingerprint density at radius 3 is 2.72 bits per heavy atom. The number of hydrogen-bond donors (Lipinski definition) is 2. The number of carbonyl (C=O) groups excluding carboxylic acids is 1. The number of sulfonamides is 1. The second kappa shape index (κ2) is 5.36. The molecule has 1 unspecified atom stereocenters. The lowest BCUT2D eigenvalue weighted by atomic mass is 10.4. The summed E-state index contributed by atoms with van der Waals surface area (Å²) in [5.74, 6) is -0.775. The number of aryl methyl sites for hydroxylation is 1. The first-order chi connectivity index (χ1) is 8.29. The van der Waals surface area contributed by atoms with E-state index in [1.54, 1.807) is 6.92 Å². The van der Waals surface area contributed by atoms with E-state index in [9.17, 15) is 13.2 Å². The van der Waals surface area contributed by atoms with Crippen LogP contribution in [0.5, 0.6) is 0 Å². The third-order valence-electron chi connectivity index (χ3n) is 2.14. The first-order valence-electron chi connectivity index (χ1n) is 5.25. The number of carbonyl (C=O) groups is 1. The zero-order chi connectivity index (χ0) is 13.9. The van der Waals surface area contributed by atoms with Crippen LogP contribution in [0.3, 0.4) is 0 Å². The molecule has 0 aliphatic rings. The van der Waals surface area contributed by atoms with Crippen LogP contribution in [-0.2, 0) is 26.6 Å². The molecule has 9 heteroatoms. The minimum atomic E-state index is -3.92. The van der Waals surface area contributed by atoms with Gasteiger partial charge in [-0.05, 0) is 13.8 Å². The Hall–Kier alpha value is -1.61. The molecule has 0 bridgehead atoms. The second-order valence-electron chi connectivity index (χ2n) is 3.64. The van der Waals surface area contributed by atoms with Crippen molar-refractivity contribution in [2.75, 3.05) is 12.3 Å². The number of esters is 1. The van der Waals surface area contributed by atoms with Gasteiger partial charge in [0.1, 0.15) is 6.04 Å². The topological polar surface area (TPSA) is 116 Å². The number of imidazole rings is 1. The van der Waals surface area contributed by atoms with E-state index in [0.717, 1.165) is 0 Å². The monoisotopic (exact) mass is 276 g/mol. The minimum Gasteiger partial charge on any atom is -0.465 e. The van der Waals surface area contributed by atoms with Gasteiger partial charge in [0.15, 0.2) is 10.8 Å². The van der Waals surface area contributed by atoms with Crippen molar-refractivity contribution in [1.29, 1.82) is 0 Å². The quantitative estimate of drug-likeness (QED) is 0.682. The molecule has 1 aromatic heterocycles. The van der Waals surface area contributed by atoms with Crippen molar-refractivity contribution in [2.24, 2.45) is 7.05 Å². The number of rotatable bonds is 5. The Morgan fingerprint density at radius 1 is 1.67 bits per heavy atom. The highest BCUT2D eigenvalue weighted by Crippen LogP contribution is 2.15. The molecule has 1 aromatic rings. The third-order valence-corrected chi connectivity index (χ3v) is 3.81. The van der Waals surface area contributed by atoms with Crippen LogP contribution in [0, 0.1) is 0 Å². The predicted molar refractivity (Wildman–Crippen MR) is 64.0 cm³/mol. The summed E-state index contributed by atoms with van der Waals surface area (Å²) in [7, 11) is -2.42. The summed E-state index contributed by atoms with van der Waals surface area (Å²) in [5.41, 5.74) is 5.47. The van der Waals surface area contributed by atoms with Crippen molar-refractivity contribution in [3.8, 4) is 0 Å². The number of nitrogens with one attached hydrogen (secondary N) is 1. The molecule has 0 aliphatic heterocycles. The zero-order valence-corrected chi connectivity index (χ0v) is 11.2. The maximum Gasteiger partial charge on any atom is 0.323 e. The molecule has 8 nitrogen and oxygen atoms in total. The molecule has 0 saturated heterocycles. The molecular weight excluding hydrogens is 260 g/mol. The molecule has 0 aliphatic carbocycles. The fraction of sp³-hybridized carbons (Fsp3) is 0.556. The van der Waals surface area contributed by atoms with Crippen molar-refractivity contribution in [3.63, 3.8) is 0 Å². The molecule has 3 N–H and O–H groups in total. The average Bonchev–Trinajstić information content (AvgIpc) is 2.58. The summed E-state index contributed by atoms with van der Waals surface area (Å²) in [6.07, 6.45) is 1.28. The van der Waals surface area contributed by atoms with Crippen LogP contribution in [0.4, 0.5) is 5.82 Å². The van der Waals surface area contributed by atoms with Crippen molar-refractivity contribution >= 4 is 21.8 Å². The number of aromatic nitrogens is 2. The number of nitrogens with two attached hydrogens (primary N) is 1. The van der Waals surface area contributed by atoms with Crippen molar-refractivity contribution in [1.82, 2.24) is 14.3 Å². The highest BCUT2D eigenvalue weighted by molar-refractivity contribution is 7.89. The van der Waals surface area contributed by atoms with E-state index in [4.69, 9.17) is 10.5 Å². The first kappa shape index (κ1) is 14.5. The molecule has 0 fully saturated rings. The Kier molecular flexibility index (Phi) is 4.30. The van der Waals surface area contributed by atoms with Crippen molar-refractivity contribution < 1.29 is 17.9 Å². The summed E-state index contributed by atoms with van der Waals surface area (Å²) in [6, 6.07) is -0.996. The Bertz CT molecular complexity index is 517. The first-order valence-corrected chi connectivity index (χ1v) is 6.73. The van der Waals surface area contributed by atoms with E-state index in [-0.39, 0.29) is 17.5 Å². The van der Waals surface area contributed by atoms with E-state index in [0.29, 0.717) is 0 Å². The summed E-state index contributed by atoms with van der Waals surface area (Å²) in [4.78, 5) is 15.0. The predicted octanol–water partition coefficient (Wildman–Crippen LogP) is -0.768. The van der Waals surface area contributed by atoms with E-state index in [1.807, 2.05) is 0 Å². The maximum absolute atomic E-state index is 12.0. The zero-order valence-electron chi connectivity index (χ0n) is 10.4. The van der Waals surface area contributed by atoms with Crippen molar-refractivity contribution in [2.45, 2.75) is 24.9 Å². The van der Waals surface area contributed by atoms with Crippen LogP contribution >= 0.6 is 0 Å². The number of anilines is 1. The molecule has 0 spiro atoms. The van der Waals surface area contributed by atoms with Crippen LogP contribution in [-0.4, -0.2) is 36.6 Å². The number of nitrogen functional groups attached to an aromatic ring is 1. The summed E-state index contributed by atoms with van der Waals surface area (Å²) < 4.78 is 32.1. The lowest BCUT2D eigenvalue weighted by Gasteiger charge is -2.13. The third kappa shape index (κ3) is 2.99. The number of nitrogens with zero attached hydrogens (tertiary/aromatic N) is 2. The summed E-state index contributed by atoms with van der Waals surface area (Å²) in [5, 5.41) is -0.182. The van der Waals surface area contributed by atoms with E-state index in [1.165, 1.54) is 24.9 Å². The summed E-state index contributed by atoms with van der Waals surface area (Å²) in [6.45, 7) is 3.21. The van der Waals surface area contributed by atoms with Gasteiger partial charge in [0.25, 0.3) is 10.0 Å². The Balaban J connectivity index is 2.93. The second-order valence-corrected chi connectivity index (χ2v) is 5.27. The summed E-state index contributed by atoms with van der Waals surface area (Å²) >= 11 is 0. The largest absolute Gasteiger partial charge is 0.465 e. The lowest BCUT2D eigenvalue weighted by molar-refractivity contribution is -0.144. The van der Waals surface area contributed by atoms with Gasteiger partial charge in [-0.25, -0.2) is 13.4 Å². The maximum atomic E-state index is 12.0. The molecule has 1 rings (SSSR count). The molecular formula is C9H16N4O4S. The van der Waals surface area contributed by atoms with E-state index in [2.05, 4.69) is 9.71 Å². The smallest absolute Gasteiger partial charge is 0.323 e. The molecule has 0 aromatic carbocycles. The Labute approximate surface area is 105 Å². The number of ether oxygens (including phenoxy) is 1.